The Morgan fingerprint density at radius 2 is 1.72 bits per heavy atom. The highest BCUT2D eigenvalue weighted by Crippen LogP contribution is 2.39. The molecule has 0 spiro atoms. The first kappa shape index (κ1) is 10.9. The van der Waals surface area contributed by atoms with Gasteiger partial charge in [-0.15, -0.1) is 0 Å². The van der Waals surface area contributed by atoms with Gasteiger partial charge in [-0.3, -0.25) is 14.8 Å². The van der Waals surface area contributed by atoms with E-state index in [1.54, 1.807) is 9.80 Å². The maximum atomic E-state index is 4.33. The summed E-state index contributed by atoms with van der Waals surface area (Å²) in [5, 5.41) is 0. The van der Waals surface area contributed by atoms with Crippen LogP contribution in [0.1, 0.15) is 32.0 Å². The highest BCUT2D eigenvalue weighted by Gasteiger charge is 2.62. The van der Waals surface area contributed by atoms with Crippen LogP contribution < -0.4 is 9.80 Å². The van der Waals surface area contributed by atoms with Gasteiger partial charge in [-0.25, -0.2) is 0 Å². The van der Waals surface area contributed by atoms with Crippen LogP contribution in [0.3, 0.4) is 0 Å². The zero-order chi connectivity index (χ0) is 12.4. The van der Waals surface area contributed by atoms with Gasteiger partial charge in [-0.1, -0.05) is 0 Å². The number of nitrogens with zero attached hydrogens (tertiary/aromatic N) is 1. The smallest absolute Gasteiger partial charge is 0.241 e. The van der Waals surface area contributed by atoms with Crippen molar-refractivity contribution in [2.45, 2.75) is 26.4 Å². The number of pyridine rings is 1. The van der Waals surface area contributed by atoms with E-state index in [0.29, 0.717) is 17.0 Å². The van der Waals surface area contributed by atoms with Crippen molar-refractivity contribution in [3.05, 3.63) is 30.1 Å². The van der Waals surface area contributed by atoms with E-state index in [-0.39, 0.29) is 0 Å². The van der Waals surface area contributed by atoms with Crippen LogP contribution in [0.2, 0.25) is 0 Å². The molecule has 4 fully saturated rings. The molecule has 4 saturated heterocycles. The number of piperidine rings is 2. The van der Waals surface area contributed by atoms with Crippen LogP contribution in [0.4, 0.5) is 0 Å². The lowest BCUT2D eigenvalue weighted by Gasteiger charge is -2.60. The van der Waals surface area contributed by atoms with Crippen molar-refractivity contribution in [1.29, 1.82) is 0 Å². The van der Waals surface area contributed by atoms with E-state index < -0.39 is 0 Å². The van der Waals surface area contributed by atoms with Gasteiger partial charge in [0.1, 0.15) is 0 Å². The summed E-state index contributed by atoms with van der Waals surface area (Å²) in [7, 11) is 0. The van der Waals surface area contributed by atoms with Gasteiger partial charge in [-0.05, 0) is 32.4 Å². The molecule has 2 N–H and O–H groups in total. The molecule has 0 unspecified atom stereocenters. The summed E-state index contributed by atoms with van der Waals surface area (Å²) in [6.07, 6.45) is 6.04. The zero-order valence-electron chi connectivity index (χ0n) is 11.4. The topological polar surface area (TPSA) is 21.8 Å². The minimum absolute atomic E-state index is 0.578. The molecule has 4 aliphatic heterocycles. The number of nitrogens with one attached hydrogen (secondary N) is 2. The summed E-state index contributed by atoms with van der Waals surface area (Å²) in [5.41, 5.74) is 2.59. The van der Waals surface area contributed by atoms with Crippen LogP contribution in [0.25, 0.3) is 0 Å². The molecule has 3 nitrogen and oxygen atoms in total. The molecule has 0 aromatic carbocycles. The summed E-state index contributed by atoms with van der Waals surface area (Å²) in [4.78, 5) is 7.92. The molecule has 0 radical (unpaired) electrons. The quantitative estimate of drug-likeness (QED) is 0.670. The zero-order valence-corrected chi connectivity index (χ0v) is 11.4. The van der Waals surface area contributed by atoms with Gasteiger partial charge in [0.15, 0.2) is 0 Å². The van der Waals surface area contributed by atoms with Crippen LogP contribution in [0.5, 0.6) is 0 Å². The van der Waals surface area contributed by atoms with E-state index in [9.17, 15) is 0 Å². The number of hydrogen-bond donors (Lipinski definition) is 2. The van der Waals surface area contributed by atoms with E-state index in [2.05, 4.69) is 37.2 Å². The molecule has 0 amide bonds. The Kier molecular flexibility index (Phi) is 2.03. The Labute approximate surface area is 109 Å². The second kappa shape index (κ2) is 3.34. The number of aromatic nitrogens is 1. The van der Waals surface area contributed by atoms with Crippen molar-refractivity contribution in [1.82, 2.24) is 4.98 Å². The van der Waals surface area contributed by atoms with Crippen molar-refractivity contribution in [3.8, 4) is 0 Å². The predicted octanol–water partition coefficient (Wildman–Crippen LogP) is -0.706. The maximum absolute atomic E-state index is 4.33. The Morgan fingerprint density at radius 1 is 1.11 bits per heavy atom. The summed E-state index contributed by atoms with van der Waals surface area (Å²) in [6, 6.07) is 4.36. The molecule has 0 saturated carbocycles. The summed E-state index contributed by atoms with van der Waals surface area (Å²) in [5.74, 6) is 0. The van der Waals surface area contributed by atoms with E-state index in [0.717, 1.165) is 0 Å². The second-order valence-corrected chi connectivity index (χ2v) is 7.54. The van der Waals surface area contributed by atoms with Crippen molar-refractivity contribution >= 4 is 0 Å². The molecular formula is C15H23N3+2. The normalized spacial score (nSPS) is 49.6. The van der Waals surface area contributed by atoms with Gasteiger partial charge in [-0.2, -0.15) is 0 Å². The Balaban J connectivity index is 1.73. The molecule has 5 heterocycles. The molecule has 0 aliphatic carbocycles. The fourth-order valence-corrected chi connectivity index (χ4v) is 5.44. The monoisotopic (exact) mass is 245 g/mol. The predicted molar refractivity (Wildman–Crippen MR) is 69.2 cm³/mol. The Bertz CT molecular complexity index is 434. The van der Waals surface area contributed by atoms with E-state index in [4.69, 9.17) is 0 Å². The lowest BCUT2D eigenvalue weighted by atomic mass is 9.63. The van der Waals surface area contributed by atoms with Gasteiger partial charge in [0.05, 0.1) is 42.6 Å². The fraction of sp³-hybridized carbons (Fsp3) is 0.667. The van der Waals surface area contributed by atoms with E-state index >= 15 is 0 Å². The molecule has 3 heteroatoms. The third-order valence-corrected chi connectivity index (χ3v) is 5.30. The fourth-order valence-electron chi connectivity index (χ4n) is 5.44. The number of hydrogen-bond acceptors (Lipinski definition) is 1. The maximum Gasteiger partial charge on any atom is 0.241 e. The molecule has 4 bridgehead atoms. The van der Waals surface area contributed by atoms with Crippen LogP contribution in [0, 0.1) is 10.8 Å². The minimum Gasteiger partial charge on any atom is -0.281 e. The van der Waals surface area contributed by atoms with Crippen molar-refractivity contribution < 1.29 is 9.80 Å². The summed E-state index contributed by atoms with van der Waals surface area (Å²) in [6.45, 7) is 10.4. The van der Waals surface area contributed by atoms with Crippen molar-refractivity contribution in [2.75, 3.05) is 26.2 Å². The van der Waals surface area contributed by atoms with Crippen LogP contribution in [-0.4, -0.2) is 31.2 Å². The summed E-state index contributed by atoms with van der Waals surface area (Å²) < 4.78 is 0. The van der Waals surface area contributed by atoms with Crippen LogP contribution in [-0.2, 0) is 0 Å². The van der Waals surface area contributed by atoms with Gasteiger partial charge in [0.25, 0.3) is 0 Å². The first-order valence-electron chi connectivity index (χ1n) is 7.16. The lowest BCUT2D eigenvalue weighted by molar-refractivity contribution is -1.18. The standard InChI is InChI=1S/C15H21N3/c1-14-7-15(2)10-17(8-14)13(18(9-14)11-15)12-4-3-5-16-6-12/h3-6,13H,7-11H2,1-2H3/p+2. The average molecular weight is 245 g/mol. The highest BCUT2D eigenvalue weighted by molar-refractivity contribution is 5.10. The highest BCUT2D eigenvalue weighted by atomic mass is 15.4. The lowest BCUT2D eigenvalue weighted by Crippen LogP contribution is -3.40. The molecular weight excluding hydrogens is 222 g/mol. The first-order valence-corrected chi connectivity index (χ1v) is 7.16. The number of quaternary nitrogens is 2. The molecule has 5 rings (SSSR count). The molecule has 96 valence electrons. The van der Waals surface area contributed by atoms with Crippen LogP contribution >= 0.6 is 0 Å². The Morgan fingerprint density at radius 3 is 2.22 bits per heavy atom. The average Bonchev–Trinajstić information content (AvgIpc) is 2.25. The van der Waals surface area contributed by atoms with E-state index in [1.807, 2.05) is 6.20 Å². The molecule has 1 aromatic rings. The third-order valence-electron chi connectivity index (χ3n) is 5.30. The van der Waals surface area contributed by atoms with E-state index in [1.165, 1.54) is 38.2 Å². The van der Waals surface area contributed by atoms with Crippen molar-refractivity contribution in [2.24, 2.45) is 10.8 Å². The number of rotatable bonds is 1. The minimum atomic E-state index is 0.578. The largest absolute Gasteiger partial charge is 0.281 e. The van der Waals surface area contributed by atoms with Crippen molar-refractivity contribution in [3.63, 3.8) is 0 Å². The first-order chi connectivity index (χ1) is 8.57. The second-order valence-electron chi connectivity index (χ2n) is 7.54. The molecule has 1 aromatic heterocycles. The SMILES string of the molecule is CC12C[NH+]3CC(C)(C[NH+](C1)C3c1cccnc1)C2. The Hall–Kier alpha value is -0.930. The molecule has 18 heavy (non-hydrogen) atoms. The van der Waals surface area contributed by atoms with Gasteiger partial charge in [0.2, 0.25) is 6.17 Å². The van der Waals surface area contributed by atoms with Gasteiger partial charge < -0.3 is 0 Å². The van der Waals surface area contributed by atoms with Gasteiger partial charge >= 0.3 is 0 Å². The summed E-state index contributed by atoms with van der Waals surface area (Å²) >= 11 is 0. The molecule has 0 atom stereocenters. The van der Waals surface area contributed by atoms with Crippen LogP contribution in [0.15, 0.2) is 24.5 Å². The van der Waals surface area contributed by atoms with Gasteiger partial charge in [0, 0.05) is 12.4 Å². The molecule has 4 aliphatic rings. The third kappa shape index (κ3) is 1.47.